The molecule has 2 aromatic heterocycles. The molecular formula is C16H13N3O4. The number of H-pyrrole nitrogens is 2. The molecule has 0 radical (unpaired) electrons. The fourth-order valence-corrected chi connectivity index (χ4v) is 2.22. The lowest BCUT2D eigenvalue weighted by Gasteiger charge is -2.05. The van der Waals surface area contributed by atoms with Crippen molar-refractivity contribution in [2.45, 2.75) is 6.42 Å². The summed E-state index contributed by atoms with van der Waals surface area (Å²) in [5.41, 5.74) is 0.461. The monoisotopic (exact) mass is 311 g/mol. The number of ether oxygens (including phenoxy) is 1. The van der Waals surface area contributed by atoms with Gasteiger partial charge in [0.2, 0.25) is 5.78 Å². The molecule has 7 heteroatoms. The second-order valence-corrected chi connectivity index (χ2v) is 4.89. The van der Waals surface area contributed by atoms with E-state index in [1.807, 2.05) is 0 Å². The molecule has 0 saturated carbocycles. The van der Waals surface area contributed by atoms with Crippen LogP contribution in [0.1, 0.15) is 16.2 Å². The number of aromatic nitrogens is 3. The largest absolute Gasteiger partial charge is 0.457 e. The highest BCUT2D eigenvalue weighted by Gasteiger charge is 2.14. The summed E-state index contributed by atoms with van der Waals surface area (Å²) in [4.78, 5) is 38.1. The van der Waals surface area contributed by atoms with Crippen LogP contribution in [0.25, 0.3) is 10.8 Å². The van der Waals surface area contributed by atoms with Gasteiger partial charge in [0.1, 0.15) is 0 Å². The molecule has 2 heterocycles. The number of hydrogen-bond acceptors (Lipinski definition) is 5. The number of rotatable bonds is 5. The minimum absolute atomic E-state index is 0.130. The number of Topliss-reactive ketones (excluding diaryl/α,β-unsaturated/α-hetero) is 1. The summed E-state index contributed by atoms with van der Waals surface area (Å²) in [5, 5.41) is 7.28. The van der Waals surface area contributed by atoms with Crippen LogP contribution in [0.2, 0.25) is 0 Å². The molecular weight excluding hydrogens is 298 g/mol. The predicted molar refractivity (Wildman–Crippen MR) is 82.1 cm³/mol. The van der Waals surface area contributed by atoms with Gasteiger partial charge in [0.25, 0.3) is 5.56 Å². The van der Waals surface area contributed by atoms with Crippen LogP contribution in [-0.2, 0) is 16.0 Å². The first kappa shape index (κ1) is 14.7. The highest BCUT2D eigenvalue weighted by molar-refractivity contribution is 5.96. The minimum Gasteiger partial charge on any atom is -0.457 e. The molecule has 0 aliphatic carbocycles. The first-order valence-electron chi connectivity index (χ1n) is 6.93. The molecule has 0 bridgehead atoms. The van der Waals surface area contributed by atoms with E-state index in [4.69, 9.17) is 4.74 Å². The molecule has 0 spiro atoms. The van der Waals surface area contributed by atoms with Crippen LogP contribution in [0.5, 0.6) is 0 Å². The molecule has 0 amide bonds. The molecule has 7 nitrogen and oxygen atoms in total. The maximum absolute atomic E-state index is 11.9. The normalized spacial score (nSPS) is 10.6. The van der Waals surface area contributed by atoms with E-state index in [0.717, 1.165) is 0 Å². The van der Waals surface area contributed by atoms with Crippen molar-refractivity contribution in [1.29, 1.82) is 0 Å². The van der Waals surface area contributed by atoms with Crippen LogP contribution in [0.3, 0.4) is 0 Å². The molecule has 0 unspecified atom stereocenters. The van der Waals surface area contributed by atoms with Gasteiger partial charge in [0, 0.05) is 11.6 Å². The molecule has 23 heavy (non-hydrogen) atoms. The molecule has 0 saturated heterocycles. The Hall–Kier alpha value is -3.22. The number of hydrogen-bond donors (Lipinski definition) is 2. The van der Waals surface area contributed by atoms with E-state index < -0.39 is 5.97 Å². The number of aromatic amines is 2. The number of nitrogens with one attached hydrogen (secondary N) is 2. The number of fused-ring (bicyclic) bond motifs is 1. The van der Waals surface area contributed by atoms with Crippen molar-refractivity contribution in [2.75, 3.05) is 6.61 Å². The van der Waals surface area contributed by atoms with Crippen molar-refractivity contribution in [3.8, 4) is 0 Å². The van der Waals surface area contributed by atoms with Crippen molar-refractivity contribution >= 4 is 22.5 Å². The van der Waals surface area contributed by atoms with Gasteiger partial charge in [-0.15, -0.1) is 0 Å². The molecule has 3 aromatic rings. The van der Waals surface area contributed by atoms with E-state index in [1.165, 1.54) is 0 Å². The average molecular weight is 311 g/mol. The standard InChI is InChI=1S/C16H13N3O4/c20-14(12-6-3-7-17-12)9-23-15(21)8-13-10-4-1-2-5-11(10)16(22)19-18-13/h1-7,17H,8-9H2,(H,19,22). The van der Waals surface area contributed by atoms with Gasteiger partial charge in [-0.25, -0.2) is 5.10 Å². The van der Waals surface area contributed by atoms with Crippen molar-refractivity contribution in [3.63, 3.8) is 0 Å². The third-order valence-electron chi connectivity index (χ3n) is 3.35. The Labute approximate surface area is 130 Å². The van der Waals surface area contributed by atoms with E-state index in [-0.39, 0.29) is 24.4 Å². The second kappa shape index (κ2) is 6.27. The van der Waals surface area contributed by atoms with E-state index in [2.05, 4.69) is 15.2 Å². The summed E-state index contributed by atoms with van der Waals surface area (Å²) in [6.07, 6.45) is 1.49. The summed E-state index contributed by atoms with van der Waals surface area (Å²) in [7, 11) is 0. The molecule has 3 rings (SSSR count). The van der Waals surface area contributed by atoms with Gasteiger partial charge in [0.15, 0.2) is 6.61 Å². The first-order valence-corrected chi connectivity index (χ1v) is 6.93. The Morgan fingerprint density at radius 3 is 2.61 bits per heavy atom. The maximum Gasteiger partial charge on any atom is 0.312 e. The summed E-state index contributed by atoms with van der Waals surface area (Å²) in [5.74, 6) is -0.905. The van der Waals surface area contributed by atoms with Crippen LogP contribution < -0.4 is 5.56 Å². The molecule has 116 valence electrons. The fraction of sp³-hybridized carbons (Fsp3) is 0.125. The number of nitrogens with zero attached hydrogens (tertiary/aromatic N) is 1. The van der Waals surface area contributed by atoms with Crippen molar-refractivity contribution in [3.05, 3.63) is 64.3 Å². The third kappa shape index (κ3) is 3.18. The SMILES string of the molecule is O=C(Cc1n[nH]c(=O)c2ccccc12)OCC(=O)c1ccc[nH]1. The predicted octanol–water partition coefficient (Wildman–Crippen LogP) is 1.22. The zero-order valence-corrected chi connectivity index (χ0v) is 12.0. The molecule has 2 N–H and O–H groups in total. The van der Waals surface area contributed by atoms with Gasteiger partial charge < -0.3 is 9.72 Å². The van der Waals surface area contributed by atoms with Gasteiger partial charge in [-0.1, -0.05) is 18.2 Å². The summed E-state index contributed by atoms with van der Waals surface area (Å²) in [6.45, 7) is -0.347. The maximum atomic E-state index is 11.9. The minimum atomic E-state index is -0.588. The Bertz CT molecular complexity index is 912. The number of carbonyl (C=O) groups excluding carboxylic acids is 2. The van der Waals surface area contributed by atoms with Crippen LogP contribution in [0, 0.1) is 0 Å². The van der Waals surface area contributed by atoms with Crippen LogP contribution in [0.15, 0.2) is 47.4 Å². The smallest absolute Gasteiger partial charge is 0.312 e. The topological polar surface area (TPSA) is 105 Å². The molecule has 0 aliphatic heterocycles. The zero-order chi connectivity index (χ0) is 16.2. The molecule has 1 aromatic carbocycles. The number of ketones is 1. The Morgan fingerprint density at radius 1 is 1.09 bits per heavy atom. The number of carbonyl (C=O) groups is 2. The first-order chi connectivity index (χ1) is 11.1. The van der Waals surface area contributed by atoms with E-state index >= 15 is 0 Å². The highest BCUT2D eigenvalue weighted by Crippen LogP contribution is 2.13. The lowest BCUT2D eigenvalue weighted by atomic mass is 10.1. The van der Waals surface area contributed by atoms with E-state index in [1.54, 1.807) is 42.6 Å². The summed E-state index contributed by atoms with van der Waals surface area (Å²) < 4.78 is 4.97. The number of benzene rings is 1. The third-order valence-corrected chi connectivity index (χ3v) is 3.35. The highest BCUT2D eigenvalue weighted by atomic mass is 16.5. The average Bonchev–Trinajstić information content (AvgIpc) is 3.10. The van der Waals surface area contributed by atoms with Crippen LogP contribution >= 0.6 is 0 Å². The van der Waals surface area contributed by atoms with Crippen molar-refractivity contribution in [2.24, 2.45) is 0 Å². The van der Waals surface area contributed by atoms with Gasteiger partial charge in [-0.05, 0) is 18.2 Å². The Kier molecular flexibility index (Phi) is 4.01. The van der Waals surface area contributed by atoms with Gasteiger partial charge in [0.05, 0.1) is 23.2 Å². The molecule has 0 fully saturated rings. The number of esters is 1. The van der Waals surface area contributed by atoms with E-state index in [0.29, 0.717) is 22.2 Å². The van der Waals surface area contributed by atoms with Crippen molar-refractivity contribution < 1.29 is 14.3 Å². The summed E-state index contributed by atoms with van der Waals surface area (Å²) in [6, 6.07) is 10.1. The van der Waals surface area contributed by atoms with E-state index in [9.17, 15) is 14.4 Å². The zero-order valence-electron chi connectivity index (χ0n) is 12.0. The van der Waals surface area contributed by atoms with Gasteiger partial charge >= 0.3 is 5.97 Å². The van der Waals surface area contributed by atoms with Gasteiger partial charge in [-0.3, -0.25) is 14.4 Å². The quantitative estimate of drug-likeness (QED) is 0.544. The Balaban J connectivity index is 1.70. The Morgan fingerprint density at radius 2 is 1.87 bits per heavy atom. The van der Waals surface area contributed by atoms with Crippen molar-refractivity contribution in [1.82, 2.24) is 15.2 Å². The lowest BCUT2D eigenvalue weighted by molar-refractivity contribution is -0.141. The van der Waals surface area contributed by atoms with Crippen LogP contribution in [0.4, 0.5) is 0 Å². The fourth-order valence-electron chi connectivity index (χ4n) is 2.22. The molecule has 0 atom stereocenters. The van der Waals surface area contributed by atoms with Gasteiger partial charge in [-0.2, -0.15) is 5.10 Å². The summed E-state index contributed by atoms with van der Waals surface area (Å²) >= 11 is 0. The lowest BCUT2D eigenvalue weighted by Crippen LogP contribution is -2.18. The molecule has 0 aliphatic rings. The second-order valence-electron chi connectivity index (χ2n) is 4.89. The van der Waals surface area contributed by atoms with Crippen LogP contribution in [-0.4, -0.2) is 33.5 Å².